The molecule has 0 spiro atoms. The predicted octanol–water partition coefficient (Wildman–Crippen LogP) is 5.38. The fourth-order valence-electron chi connectivity index (χ4n) is 3.01. The summed E-state index contributed by atoms with van der Waals surface area (Å²) in [5.74, 6) is -0.472. The molecule has 0 bridgehead atoms. The number of carbonyl (C=O) groups excluding carboxylic acids is 1. The Bertz CT molecular complexity index is 1100. The van der Waals surface area contributed by atoms with Crippen LogP contribution >= 0.6 is 27.3 Å². The van der Waals surface area contributed by atoms with Gasteiger partial charge >= 0.3 is 0 Å². The molecule has 4 aromatic rings. The van der Waals surface area contributed by atoms with E-state index in [4.69, 9.17) is 0 Å². The van der Waals surface area contributed by atoms with Crippen LogP contribution in [0.2, 0.25) is 0 Å². The average Bonchev–Trinajstić information content (AvgIpc) is 3.20. The molecule has 4 nitrogen and oxygen atoms in total. The zero-order valence-electron chi connectivity index (χ0n) is 14.4. The first kappa shape index (κ1) is 17.9. The molecule has 1 amide bonds. The molecule has 136 valence electrons. The summed E-state index contributed by atoms with van der Waals surface area (Å²) in [4.78, 5) is 18.1. The molecule has 0 unspecified atom stereocenters. The summed E-state index contributed by atoms with van der Waals surface area (Å²) in [6, 6.07) is 14.2. The number of rotatable bonds is 4. The molecule has 2 aromatic heterocycles. The van der Waals surface area contributed by atoms with Crippen LogP contribution in [0, 0.1) is 5.82 Å². The third-order valence-electron chi connectivity index (χ3n) is 4.33. The first-order valence-corrected chi connectivity index (χ1v) is 9.87. The van der Waals surface area contributed by atoms with Gasteiger partial charge in [0, 0.05) is 35.4 Å². The van der Waals surface area contributed by atoms with E-state index >= 15 is 0 Å². The summed E-state index contributed by atoms with van der Waals surface area (Å²) in [5.41, 5.74) is 2.52. The summed E-state index contributed by atoms with van der Waals surface area (Å²) >= 11 is 4.95. The van der Waals surface area contributed by atoms with Gasteiger partial charge in [-0.2, -0.15) is 0 Å². The molecule has 0 aliphatic heterocycles. The van der Waals surface area contributed by atoms with Gasteiger partial charge in [-0.25, -0.2) is 9.37 Å². The van der Waals surface area contributed by atoms with E-state index in [1.54, 1.807) is 18.3 Å². The lowest BCUT2D eigenvalue weighted by molar-refractivity contribution is 0.101. The number of nitrogens with zero attached hydrogens (tertiary/aromatic N) is 2. The number of aromatic nitrogens is 2. The summed E-state index contributed by atoms with van der Waals surface area (Å²) in [7, 11) is 1.86. The Morgan fingerprint density at radius 1 is 1.22 bits per heavy atom. The Kier molecular flexibility index (Phi) is 4.80. The van der Waals surface area contributed by atoms with Crippen molar-refractivity contribution < 1.29 is 9.18 Å². The van der Waals surface area contributed by atoms with Gasteiger partial charge in [0.1, 0.15) is 11.5 Å². The van der Waals surface area contributed by atoms with Crippen molar-refractivity contribution in [3.63, 3.8) is 0 Å². The van der Waals surface area contributed by atoms with Crippen molar-refractivity contribution in [3.05, 3.63) is 81.2 Å². The van der Waals surface area contributed by atoms with Gasteiger partial charge in [0.05, 0.1) is 4.47 Å². The largest absolute Gasteiger partial charge is 0.339 e. The highest BCUT2D eigenvalue weighted by Crippen LogP contribution is 2.31. The summed E-state index contributed by atoms with van der Waals surface area (Å²) in [6.07, 6.45) is 2.38. The molecule has 4 rings (SSSR count). The van der Waals surface area contributed by atoms with E-state index in [0.29, 0.717) is 17.2 Å². The van der Waals surface area contributed by atoms with Crippen LogP contribution in [-0.2, 0) is 13.5 Å². The zero-order chi connectivity index (χ0) is 19.0. The molecular formula is C20H15BrFN3OS. The van der Waals surface area contributed by atoms with Crippen LogP contribution in [0.1, 0.15) is 20.9 Å². The van der Waals surface area contributed by atoms with Crippen molar-refractivity contribution in [2.75, 3.05) is 5.32 Å². The maximum atomic E-state index is 13.0. The number of aryl methyl sites for hydroxylation is 1. The molecule has 0 aliphatic carbocycles. The monoisotopic (exact) mass is 443 g/mol. The second kappa shape index (κ2) is 7.25. The number of para-hydroxylation sites is 1. The van der Waals surface area contributed by atoms with Gasteiger partial charge in [0.15, 0.2) is 5.13 Å². The van der Waals surface area contributed by atoms with Crippen molar-refractivity contribution in [2.45, 2.75) is 6.42 Å². The number of fused-ring (bicyclic) bond motifs is 1. The van der Waals surface area contributed by atoms with Crippen LogP contribution in [0.15, 0.2) is 59.2 Å². The van der Waals surface area contributed by atoms with E-state index in [1.807, 2.05) is 35.9 Å². The molecule has 1 N–H and O–H groups in total. The van der Waals surface area contributed by atoms with Crippen LogP contribution in [0.3, 0.4) is 0 Å². The van der Waals surface area contributed by atoms with Crippen LogP contribution < -0.4 is 5.32 Å². The van der Waals surface area contributed by atoms with Gasteiger partial charge in [0.25, 0.3) is 5.91 Å². The van der Waals surface area contributed by atoms with Crippen molar-refractivity contribution in [3.8, 4) is 0 Å². The van der Waals surface area contributed by atoms with Gasteiger partial charge in [-0.05, 0) is 39.7 Å². The highest BCUT2D eigenvalue weighted by atomic mass is 79.9. The smallest absolute Gasteiger partial charge is 0.275 e. The number of amides is 1. The van der Waals surface area contributed by atoms with Crippen molar-refractivity contribution in [1.82, 2.24) is 9.55 Å². The summed E-state index contributed by atoms with van der Waals surface area (Å²) < 4.78 is 15.6. The van der Waals surface area contributed by atoms with E-state index < -0.39 is 0 Å². The van der Waals surface area contributed by atoms with Crippen molar-refractivity contribution in [1.29, 1.82) is 0 Å². The number of benzene rings is 2. The molecule has 2 aromatic carbocycles. The van der Waals surface area contributed by atoms with Crippen molar-refractivity contribution >= 4 is 49.2 Å². The van der Waals surface area contributed by atoms with E-state index in [1.165, 1.54) is 23.5 Å². The van der Waals surface area contributed by atoms with Gasteiger partial charge < -0.3 is 4.57 Å². The highest BCUT2D eigenvalue weighted by Gasteiger charge is 2.20. The third-order valence-corrected chi connectivity index (χ3v) is 6.04. The Morgan fingerprint density at radius 2 is 1.96 bits per heavy atom. The van der Waals surface area contributed by atoms with E-state index in [2.05, 4.69) is 26.2 Å². The van der Waals surface area contributed by atoms with E-state index in [0.717, 1.165) is 25.8 Å². The minimum Gasteiger partial charge on any atom is -0.339 e. The zero-order valence-corrected chi connectivity index (χ0v) is 16.8. The Balaban J connectivity index is 1.54. The molecule has 27 heavy (non-hydrogen) atoms. The second-order valence-corrected chi connectivity index (χ2v) is 8.04. The van der Waals surface area contributed by atoms with Crippen molar-refractivity contribution in [2.24, 2.45) is 7.05 Å². The average molecular weight is 444 g/mol. The number of nitrogens with one attached hydrogen (secondary N) is 1. The molecule has 0 atom stereocenters. The summed E-state index contributed by atoms with van der Waals surface area (Å²) in [5, 5.41) is 4.40. The minimum atomic E-state index is -0.253. The molecule has 0 radical (unpaired) electrons. The molecule has 0 aliphatic rings. The van der Waals surface area contributed by atoms with Gasteiger partial charge in [0.2, 0.25) is 0 Å². The van der Waals surface area contributed by atoms with Crippen LogP contribution in [0.4, 0.5) is 9.52 Å². The number of hydrogen-bond acceptors (Lipinski definition) is 3. The fourth-order valence-corrected chi connectivity index (χ4v) is 4.63. The maximum Gasteiger partial charge on any atom is 0.275 e. The lowest BCUT2D eigenvalue weighted by Crippen LogP contribution is -2.16. The van der Waals surface area contributed by atoms with Gasteiger partial charge in [-0.3, -0.25) is 10.1 Å². The van der Waals surface area contributed by atoms with E-state index in [9.17, 15) is 9.18 Å². The molecule has 0 saturated carbocycles. The molecule has 7 heteroatoms. The third kappa shape index (κ3) is 3.52. The second-order valence-electron chi connectivity index (χ2n) is 6.13. The van der Waals surface area contributed by atoms with Gasteiger partial charge in [-0.15, -0.1) is 11.3 Å². The maximum absolute atomic E-state index is 13.0. The number of hydrogen-bond donors (Lipinski definition) is 1. The molecular weight excluding hydrogens is 429 g/mol. The first-order valence-electron chi connectivity index (χ1n) is 8.26. The Morgan fingerprint density at radius 3 is 2.70 bits per heavy atom. The normalized spacial score (nSPS) is 11.1. The van der Waals surface area contributed by atoms with Crippen LogP contribution in [-0.4, -0.2) is 15.5 Å². The van der Waals surface area contributed by atoms with Gasteiger partial charge in [-0.1, -0.05) is 30.3 Å². The highest BCUT2D eigenvalue weighted by molar-refractivity contribution is 9.10. The first-order chi connectivity index (χ1) is 13.0. The Hall–Kier alpha value is -2.51. The standard InChI is InChI=1S/C20H15BrFN3OS/c1-25-16-5-3-2-4-15(16)17(21)18(25)19(26)24-20-23-11-14(27-20)10-12-6-8-13(22)9-7-12/h2-9,11H,10H2,1H3,(H,23,24,26). The fraction of sp³-hybridized carbons (Fsp3) is 0.100. The van der Waals surface area contributed by atoms with E-state index in [-0.39, 0.29) is 11.7 Å². The minimum absolute atomic E-state index is 0.219. The lowest BCUT2D eigenvalue weighted by atomic mass is 10.1. The number of halogens is 2. The lowest BCUT2D eigenvalue weighted by Gasteiger charge is -2.04. The summed E-state index contributed by atoms with van der Waals surface area (Å²) in [6.45, 7) is 0. The SMILES string of the molecule is Cn1c(C(=O)Nc2ncc(Cc3ccc(F)cc3)s2)c(Br)c2ccccc21. The number of anilines is 1. The molecule has 0 saturated heterocycles. The number of carbonyl (C=O) groups is 1. The quantitative estimate of drug-likeness (QED) is 0.460. The molecule has 2 heterocycles. The Labute approximate surface area is 167 Å². The number of thiazole rings is 1. The topological polar surface area (TPSA) is 46.9 Å². The predicted molar refractivity (Wildman–Crippen MR) is 110 cm³/mol. The van der Waals surface area contributed by atoms with Crippen LogP contribution in [0.5, 0.6) is 0 Å². The van der Waals surface area contributed by atoms with Crippen LogP contribution in [0.25, 0.3) is 10.9 Å². The molecule has 0 fully saturated rings.